The molecule has 2 heterocycles. The number of carbonyl (C=O) groups excluding carboxylic acids is 1. The maximum atomic E-state index is 11.9. The Morgan fingerprint density at radius 2 is 2.30 bits per heavy atom. The third kappa shape index (κ3) is 2.80. The van der Waals surface area contributed by atoms with E-state index in [1.165, 1.54) is 5.56 Å². The fourth-order valence-corrected chi connectivity index (χ4v) is 2.85. The van der Waals surface area contributed by atoms with Gasteiger partial charge in [-0.2, -0.15) is 0 Å². The van der Waals surface area contributed by atoms with Gasteiger partial charge in [-0.15, -0.1) is 0 Å². The Hall–Kier alpha value is -1.55. The number of rotatable bonds is 3. The highest BCUT2D eigenvalue weighted by Crippen LogP contribution is 2.35. The van der Waals surface area contributed by atoms with Gasteiger partial charge in [-0.25, -0.2) is 0 Å². The summed E-state index contributed by atoms with van der Waals surface area (Å²) in [5.41, 5.74) is 2.23. The number of carbonyl (C=O) groups is 1. The second kappa shape index (κ2) is 5.09. The minimum atomic E-state index is -0.120. The smallest absolute Gasteiger partial charge is 0.225 e. The first-order valence-corrected chi connectivity index (χ1v) is 7.20. The molecule has 4 heteroatoms. The van der Waals surface area contributed by atoms with Crippen LogP contribution in [0.15, 0.2) is 18.2 Å². The Morgan fingerprint density at radius 1 is 1.45 bits per heavy atom. The summed E-state index contributed by atoms with van der Waals surface area (Å²) in [6, 6.07) is 6.16. The van der Waals surface area contributed by atoms with Gasteiger partial charge in [0.15, 0.2) is 0 Å². The van der Waals surface area contributed by atoms with Gasteiger partial charge in [0.25, 0.3) is 0 Å². The molecule has 20 heavy (non-hydrogen) atoms. The molecule has 1 N–H and O–H groups in total. The van der Waals surface area contributed by atoms with Gasteiger partial charge >= 0.3 is 0 Å². The molecule has 1 amide bonds. The van der Waals surface area contributed by atoms with Crippen molar-refractivity contribution in [2.75, 3.05) is 13.2 Å². The Morgan fingerprint density at radius 3 is 3.05 bits per heavy atom. The fraction of sp³-hybridized carbons (Fsp3) is 0.562. The average Bonchev–Trinajstić information content (AvgIpc) is 3.00. The SMILES string of the molecule is CC1(C)Cc2cc(CNC(=O)C3CCOC3)ccc2O1. The molecular formula is C16H21NO3. The molecule has 1 aromatic carbocycles. The van der Waals surface area contributed by atoms with E-state index in [2.05, 4.69) is 25.2 Å². The van der Waals surface area contributed by atoms with Crippen LogP contribution in [0.1, 0.15) is 31.4 Å². The summed E-state index contributed by atoms with van der Waals surface area (Å²) in [4.78, 5) is 11.9. The van der Waals surface area contributed by atoms with Gasteiger partial charge in [0.05, 0.1) is 12.5 Å². The molecule has 0 saturated carbocycles. The summed E-state index contributed by atoms with van der Waals surface area (Å²) >= 11 is 0. The fourth-order valence-electron chi connectivity index (χ4n) is 2.85. The van der Waals surface area contributed by atoms with E-state index in [0.717, 1.165) is 24.2 Å². The summed E-state index contributed by atoms with van der Waals surface area (Å²) in [6.45, 7) is 6.01. The van der Waals surface area contributed by atoms with Crippen molar-refractivity contribution in [1.82, 2.24) is 5.32 Å². The van der Waals surface area contributed by atoms with Gasteiger partial charge in [0, 0.05) is 19.6 Å². The third-order valence-corrected chi connectivity index (χ3v) is 3.89. The Kier molecular flexibility index (Phi) is 3.42. The zero-order valence-corrected chi connectivity index (χ0v) is 12.1. The van der Waals surface area contributed by atoms with E-state index < -0.39 is 0 Å². The van der Waals surface area contributed by atoms with Crippen molar-refractivity contribution in [3.05, 3.63) is 29.3 Å². The second-order valence-electron chi connectivity index (χ2n) is 6.26. The third-order valence-electron chi connectivity index (χ3n) is 3.89. The zero-order valence-electron chi connectivity index (χ0n) is 12.1. The maximum Gasteiger partial charge on any atom is 0.225 e. The topological polar surface area (TPSA) is 47.6 Å². The maximum absolute atomic E-state index is 11.9. The van der Waals surface area contributed by atoms with E-state index in [-0.39, 0.29) is 17.4 Å². The van der Waals surface area contributed by atoms with E-state index in [4.69, 9.17) is 9.47 Å². The highest BCUT2D eigenvalue weighted by Gasteiger charge is 2.30. The minimum absolute atomic E-state index is 0.0201. The Balaban J connectivity index is 1.60. The van der Waals surface area contributed by atoms with Gasteiger partial charge in [0.2, 0.25) is 5.91 Å². The summed E-state index contributed by atoms with van der Waals surface area (Å²) in [6.07, 6.45) is 1.75. The van der Waals surface area contributed by atoms with E-state index in [9.17, 15) is 4.79 Å². The number of fused-ring (bicyclic) bond motifs is 1. The lowest BCUT2D eigenvalue weighted by Crippen LogP contribution is -2.30. The van der Waals surface area contributed by atoms with Gasteiger partial charge in [-0.1, -0.05) is 12.1 Å². The van der Waals surface area contributed by atoms with E-state index in [1.807, 2.05) is 12.1 Å². The van der Waals surface area contributed by atoms with Crippen LogP contribution in [-0.4, -0.2) is 24.7 Å². The van der Waals surface area contributed by atoms with Crippen molar-refractivity contribution < 1.29 is 14.3 Å². The Labute approximate surface area is 119 Å². The average molecular weight is 275 g/mol. The van der Waals surface area contributed by atoms with Crippen LogP contribution in [-0.2, 0) is 22.5 Å². The van der Waals surface area contributed by atoms with E-state index in [1.54, 1.807) is 0 Å². The molecule has 1 aromatic rings. The number of nitrogens with one attached hydrogen (secondary N) is 1. The van der Waals surface area contributed by atoms with Crippen molar-refractivity contribution in [2.45, 2.75) is 38.8 Å². The normalized spacial score (nSPS) is 23.2. The monoisotopic (exact) mass is 275 g/mol. The van der Waals surface area contributed by atoms with Crippen molar-refractivity contribution >= 4 is 5.91 Å². The zero-order chi connectivity index (χ0) is 14.2. The molecule has 2 aliphatic rings. The minimum Gasteiger partial charge on any atom is -0.487 e. The largest absolute Gasteiger partial charge is 0.487 e. The summed E-state index contributed by atoms with van der Waals surface area (Å²) in [5.74, 6) is 1.08. The molecule has 0 bridgehead atoms. The highest BCUT2D eigenvalue weighted by atomic mass is 16.5. The van der Waals surface area contributed by atoms with Crippen LogP contribution in [0.3, 0.4) is 0 Å². The molecule has 0 spiro atoms. The first-order valence-electron chi connectivity index (χ1n) is 7.20. The van der Waals surface area contributed by atoms with Gasteiger partial charge < -0.3 is 14.8 Å². The lowest BCUT2D eigenvalue weighted by Gasteiger charge is -2.16. The second-order valence-corrected chi connectivity index (χ2v) is 6.26. The first-order chi connectivity index (χ1) is 9.53. The number of amides is 1. The molecule has 0 aliphatic carbocycles. The lowest BCUT2D eigenvalue weighted by molar-refractivity contribution is -0.125. The molecule has 4 nitrogen and oxygen atoms in total. The van der Waals surface area contributed by atoms with Crippen molar-refractivity contribution in [3.63, 3.8) is 0 Å². The van der Waals surface area contributed by atoms with Crippen LogP contribution >= 0.6 is 0 Å². The van der Waals surface area contributed by atoms with Crippen LogP contribution in [0.5, 0.6) is 5.75 Å². The molecule has 1 unspecified atom stereocenters. The molecule has 108 valence electrons. The van der Waals surface area contributed by atoms with Crippen LogP contribution in [0, 0.1) is 5.92 Å². The van der Waals surface area contributed by atoms with Crippen molar-refractivity contribution in [3.8, 4) is 5.75 Å². The van der Waals surface area contributed by atoms with Crippen molar-refractivity contribution in [2.24, 2.45) is 5.92 Å². The molecule has 1 fully saturated rings. The summed E-state index contributed by atoms with van der Waals surface area (Å²) in [5, 5.41) is 2.99. The number of benzene rings is 1. The standard InChI is InChI=1S/C16H21NO3/c1-16(2)8-13-7-11(3-4-14(13)20-16)9-17-15(18)12-5-6-19-10-12/h3-4,7,12H,5-6,8-10H2,1-2H3,(H,17,18). The van der Waals surface area contributed by atoms with Crippen LogP contribution in [0.4, 0.5) is 0 Å². The molecule has 2 aliphatic heterocycles. The molecular weight excluding hydrogens is 254 g/mol. The van der Waals surface area contributed by atoms with Crippen molar-refractivity contribution in [1.29, 1.82) is 0 Å². The molecule has 1 saturated heterocycles. The first kappa shape index (κ1) is 13.4. The predicted octanol–water partition coefficient (Wildman–Crippen LogP) is 2.05. The highest BCUT2D eigenvalue weighted by molar-refractivity contribution is 5.79. The van der Waals surface area contributed by atoms with Gasteiger partial charge in [-0.3, -0.25) is 4.79 Å². The molecule has 0 aromatic heterocycles. The molecule has 0 radical (unpaired) electrons. The number of hydrogen-bond acceptors (Lipinski definition) is 3. The van der Waals surface area contributed by atoms with Crippen LogP contribution in [0.2, 0.25) is 0 Å². The Bertz CT molecular complexity index is 518. The van der Waals surface area contributed by atoms with E-state index >= 15 is 0 Å². The quantitative estimate of drug-likeness (QED) is 0.918. The number of ether oxygens (including phenoxy) is 2. The van der Waals surface area contributed by atoms with E-state index in [0.29, 0.717) is 19.8 Å². The lowest BCUT2D eigenvalue weighted by atomic mass is 10.00. The van der Waals surface area contributed by atoms with Crippen LogP contribution in [0.25, 0.3) is 0 Å². The summed E-state index contributed by atoms with van der Waals surface area (Å²) in [7, 11) is 0. The van der Waals surface area contributed by atoms with Gasteiger partial charge in [-0.05, 0) is 37.5 Å². The van der Waals surface area contributed by atoms with Crippen LogP contribution < -0.4 is 10.1 Å². The molecule has 1 atom stereocenters. The number of hydrogen-bond donors (Lipinski definition) is 1. The molecule has 3 rings (SSSR count). The summed E-state index contributed by atoms with van der Waals surface area (Å²) < 4.78 is 11.1. The van der Waals surface area contributed by atoms with Gasteiger partial charge in [0.1, 0.15) is 11.4 Å². The predicted molar refractivity (Wildman–Crippen MR) is 75.6 cm³/mol.